The van der Waals surface area contributed by atoms with Gasteiger partial charge in [-0.15, -0.1) is 0 Å². The van der Waals surface area contributed by atoms with Crippen LogP contribution in [0.25, 0.3) is 22.0 Å². The summed E-state index contributed by atoms with van der Waals surface area (Å²) in [4.78, 5) is 28.7. The van der Waals surface area contributed by atoms with Crippen molar-refractivity contribution in [2.45, 2.75) is 31.1 Å². The van der Waals surface area contributed by atoms with E-state index in [9.17, 15) is 26.8 Å². The summed E-state index contributed by atoms with van der Waals surface area (Å²) in [5, 5.41) is 9.06. The summed E-state index contributed by atoms with van der Waals surface area (Å²) in [6.45, 7) is 1.03. The van der Waals surface area contributed by atoms with E-state index >= 15 is 0 Å². The first kappa shape index (κ1) is 22.5. The van der Waals surface area contributed by atoms with Crippen molar-refractivity contribution in [1.82, 2.24) is 15.0 Å². The molecular weight excluding hydrogens is 432 g/mol. The minimum absolute atomic E-state index is 0.0905. The third-order valence-corrected chi connectivity index (χ3v) is 6.39. The van der Waals surface area contributed by atoms with Gasteiger partial charge in [0.15, 0.2) is 10.7 Å². The number of hydroxylamine groups is 1. The van der Waals surface area contributed by atoms with Crippen molar-refractivity contribution in [3.8, 4) is 11.1 Å². The van der Waals surface area contributed by atoms with E-state index in [0.717, 1.165) is 6.92 Å². The zero-order valence-corrected chi connectivity index (χ0v) is 17.2. The number of hydrogen-bond acceptors (Lipinski definition) is 6. The molecule has 0 saturated heterocycles. The van der Waals surface area contributed by atoms with Crippen LogP contribution in [0.3, 0.4) is 0 Å². The Labute approximate surface area is 177 Å². The topological polar surface area (TPSA) is 118 Å². The lowest BCUT2D eigenvalue weighted by molar-refractivity contribution is -0.131. The Kier molecular flexibility index (Phi) is 6.46. The van der Waals surface area contributed by atoms with Crippen molar-refractivity contribution in [1.29, 1.82) is 0 Å². The van der Waals surface area contributed by atoms with E-state index in [2.05, 4.69) is 4.98 Å². The van der Waals surface area contributed by atoms with E-state index in [-0.39, 0.29) is 23.9 Å². The molecule has 3 rings (SSSR count). The minimum Gasteiger partial charge on any atom is -0.299 e. The van der Waals surface area contributed by atoms with Crippen molar-refractivity contribution in [2.24, 2.45) is 0 Å². The fourth-order valence-corrected chi connectivity index (χ4v) is 3.56. The second-order valence-electron chi connectivity index (χ2n) is 7.12. The third kappa shape index (κ3) is 4.47. The Morgan fingerprint density at radius 1 is 1.19 bits per heavy atom. The molecule has 164 valence electrons. The van der Waals surface area contributed by atoms with Crippen LogP contribution in [0.5, 0.6) is 0 Å². The van der Waals surface area contributed by atoms with Gasteiger partial charge in [-0.3, -0.25) is 19.4 Å². The van der Waals surface area contributed by atoms with Crippen molar-refractivity contribution >= 4 is 27.5 Å². The van der Waals surface area contributed by atoms with Crippen LogP contribution in [0.1, 0.15) is 25.3 Å². The summed E-state index contributed by atoms with van der Waals surface area (Å²) < 4.78 is 47.7. The SMILES string of the molecule is CC(CCn1cnc2cc(-c3ccc(C(F)F)cc3)ccc2c1=O)(C(=O)NO)[SH](=O)=O. The second-order valence-corrected chi connectivity index (χ2v) is 8.62. The third-order valence-electron chi connectivity index (χ3n) is 5.15. The maximum absolute atomic E-state index is 12.8. The van der Waals surface area contributed by atoms with Crippen molar-refractivity contribution < 1.29 is 27.2 Å². The second kappa shape index (κ2) is 8.90. The average Bonchev–Trinajstić information content (AvgIpc) is 2.77. The van der Waals surface area contributed by atoms with E-state index in [1.807, 2.05) is 0 Å². The van der Waals surface area contributed by atoms with E-state index in [0.29, 0.717) is 16.6 Å². The molecule has 0 fully saturated rings. The van der Waals surface area contributed by atoms with Crippen LogP contribution in [0.2, 0.25) is 0 Å². The predicted molar refractivity (Wildman–Crippen MR) is 110 cm³/mol. The molecule has 31 heavy (non-hydrogen) atoms. The summed E-state index contributed by atoms with van der Waals surface area (Å²) >= 11 is 0. The Balaban J connectivity index is 1.90. The number of rotatable bonds is 7. The number of carbonyl (C=O) groups is 1. The fourth-order valence-electron chi connectivity index (χ4n) is 3.06. The Morgan fingerprint density at radius 2 is 1.84 bits per heavy atom. The van der Waals surface area contributed by atoms with Crippen molar-refractivity contribution in [3.05, 3.63) is 64.7 Å². The number of benzene rings is 2. The largest absolute Gasteiger partial charge is 0.299 e. The summed E-state index contributed by atoms with van der Waals surface area (Å²) in [6.07, 6.45) is -1.57. The van der Waals surface area contributed by atoms with Gasteiger partial charge in [-0.25, -0.2) is 27.7 Å². The number of fused-ring (bicyclic) bond motifs is 1. The molecule has 2 N–H and O–H groups in total. The van der Waals surface area contributed by atoms with Crippen LogP contribution in [0.4, 0.5) is 8.78 Å². The van der Waals surface area contributed by atoms with E-state index in [4.69, 9.17) is 5.21 Å². The summed E-state index contributed by atoms with van der Waals surface area (Å²) in [7, 11) is -3.22. The smallest absolute Gasteiger partial charge is 0.264 e. The molecule has 1 heterocycles. The fraction of sp³-hybridized carbons (Fsp3) is 0.250. The molecular formula is C20H19F2N3O5S. The molecule has 0 spiro atoms. The first-order chi connectivity index (χ1) is 14.7. The lowest BCUT2D eigenvalue weighted by Crippen LogP contribution is -2.45. The van der Waals surface area contributed by atoms with E-state index in [1.54, 1.807) is 30.3 Å². The van der Waals surface area contributed by atoms with Crippen LogP contribution < -0.4 is 11.0 Å². The molecule has 0 radical (unpaired) electrons. The predicted octanol–water partition coefficient (Wildman–Crippen LogP) is 2.27. The number of aromatic nitrogens is 2. The molecule has 1 aromatic heterocycles. The van der Waals surface area contributed by atoms with Crippen LogP contribution in [-0.2, 0) is 22.0 Å². The average molecular weight is 451 g/mol. The van der Waals surface area contributed by atoms with Gasteiger partial charge in [-0.1, -0.05) is 30.3 Å². The van der Waals surface area contributed by atoms with Crippen molar-refractivity contribution in [3.63, 3.8) is 0 Å². The Hall–Kier alpha value is -3.18. The van der Waals surface area contributed by atoms with Gasteiger partial charge in [0.1, 0.15) is 4.75 Å². The highest BCUT2D eigenvalue weighted by Gasteiger charge is 2.37. The molecule has 1 amide bonds. The molecule has 11 heteroatoms. The molecule has 0 saturated carbocycles. The van der Waals surface area contributed by atoms with E-state index < -0.39 is 33.3 Å². The molecule has 8 nitrogen and oxygen atoms in total. The quantitative estimate of drug-likeness (QED) is 0.288. The number of alkyl halides is 2. The van der Waals surface area contributed by atoms with Gasteiger partial charge >= 0.3 is 0 Å². The number of carbonyl (C=O) groups excluding carboxylic acids is 1. The number of aryl methyl sites for hydroxylation is 1. The lowest BCUT2D eigenvalue weighted by Gasteiger charge is -2.20. The Bertz CT molecular complexity index is 1250. The first-order valence-corrected chi connectivity index (χ1v) is 10.3. The summed E-state index contributed by atoms with van der Waals surface area (Å²) in [5.74, 6) is -1.09. The number of nitrogens with one attached hydrogen (secondary N) is 1. The summed E-state index contributed by atoms with van der Waals surface area (Å²) in [5.41, 5.74) is 2.56. The highest BCUT2D eigenvalue weighted by Crippen LogP contribution is 2.26. The highest BCUT2D eigenvalue weighted by molar-refractivity contribution is 7.75. The molecule has 3 aromatic rings. The van der Waals surface area contributed by atoms with E-state index in [1.165, 1.54) is 28.5 Å². The van der Waals surface area contributed by atoms with Gasteiger partial charge in [-0.2, -0.15) is 0 Å². The molecule has 1 unspecified atom stereocenters. The van der Waals surface area contributed by atoms with Gasteiger partial charge in [-0.05, 0) is 36.6 Å². The molecule has 0 aliphatic rings. The van der Waals surface area contributed by atoms with Gasteiger partial charge < -0.3 is 0 Å². The number of nitrogens with zero attached hydrogens (tertiary/aromatic N) is 2. The van der Waals surface area contributed by atoms with Gasteiger partial charge in [0.25, 0.3) is 17.9 Å². The molecule has 0 aliphatic carbocycles. The zero-order chi connectivity index (χ0) is 22.8. The van der Waals surface area contributed by atoms with Crippen LogP contribution >= 0.6 is 0 Å². The standard InChI is InChI=1S/C20H19F2N3O5S/c1-20(31(29)30,19(27)24-28)8-9-25-11-23-16-10-14(6-7-15(16)18(25)26)12-2-4-13(5-3-12)17(21)22/h2-7,10-11,17,28,31H,8-9H2,1H3,(H,24,27). The van der Waals surface area contributed by atoms with Crippen LogP contribution in [-0.4, -0.2) is 33.8 Å². The number of thiol groups is 1. The minimum atomic E-state index is -3.22. The monoisotopic (exact) mass is 451 g/mol. The number of halogens is 2. The Morgan fingerprint density at radius 3 is 2.42 bits per heavy atom. The molecule has 2 aromatic carbocycles. The lowest BCUT2D eigenvalue weighted by atomic mass is 10.0. The normalized spacial score (nSPS) is 13.5. The first-order valence-electron chi connectivity index (χ1n) is 9.14. The maximum atomic E-state index is 12.8. The maximum Gasteiger partial charge on any atom is 0.264 e. The summed E-state index contributed by atoms with van der Waals surface area (Å²) in [6, 6.07) is 10.6. The molecule has 1 atom stereocenters. The van der Waals surface area contributed by atoms with Gasteiger partial charge in [0, 0.05) is 12.1 Å². The van der Waals surface area contributed by atoms with Gasteiger partial charge in [0.2, 0.25) is 0 Å². The number of amides is 1. The van der Waals surface area contributed by atoms with Crippen LogP contribution in [0, 0.1) is 0 Å². The van der Waals surface area contributed by atoms with Gasteiger partial charge in [0.05, 0.1) is 17.2 Å². The van der Waals surface area contributed by atoms with Crippen LogP contribution in [0.15, 0.2) is 53.6 Å². The van der Waals surface area contributed by atoms with Crippen molar-refractivity contribution in [2.75, 3.05) is 0 Å². The molecule has 0 bridgehead atoms. The highest BCUT2D eigenvalue weighted by atomic mass is 32.2. The molecule has 0 aliphatic heterocycles. The number of hydrogen-bond donors (Lipinski definition) is 3. The zero-order valence-electron chi connectivity index (χ0n) is 16.3.